The Bertz CT molecular complexity index is 708. The Morgan fingerprint density at radius 3 is 2.58 bits per heavy atom. The fourth-order valence-corrected chi connectivity index (χ4v) is 2.73. The first-order valence-electron chi connectivity index (χ1n) is 8.02. The number of ketones is 1. The number of anilines is 1. The molecule has 0 saturated carbocycles. The van der Waals surface area contributed by atoms with Crippen LogP contribution < -0.4 is 9.64 Å². The highest BCUT2D eigenvalue weighted by Crippen LogP contribution is 2.16. The molecule has 1 aromatic carbocycles. The third-order valence-electron chi connectivity index (χ3n) is 4.13. The molecule has 2 aromatic rings. The fraction of sp³-hybridized carbons (Fsp3) is 0.263. The van der Waals surface area contributed by atoms with Crippen molar-refractivity contribution in [2.24, 2.45) is 0 Å². The molecule has 24 heavy (non-hydrogen) atoms. The number of pyridine rings is 1. The van der Waals surface area contributed by atoms with E-state index >= 15 is 0 Å². The second-order valence-electron chi connectivity index (χ2n) is 5.64. The van der Waals surface area contributed by atoms with Gasteiger partial charge in [-0.2, -0.15) is 0 Å². The van der Waals surface area contributed by atoms with E-state index in [1.54, 1.807) is 25.3 Å². The molecule has 124 valence electrons. The van der Waals surface area contributed by atoms with Crippen LogP contribution in [-0.2, 0) is 0 Å². The molecule has 1 saturated heterocycles. The van der Waals surface area contributed by atoms with Gasteiger partial charge in [0.15, 0.2) is 5.78 Å². The van der Waals surface area contributed by atoms with E-state index in [1.165, 1.54) is 5.69 Å². The minimum Gasteiger partial charge on any atom is -0.497 e. The second-order valence-corrected chi connectivity index (χ2v) is 5.64. The van der Waals surface area contributed by atoms with Crippen molar-refractivity contribution in [1.82, 2.24) is 9.88 Å². The number of benzene rings is 1. The third-order valence-corrected chi connectivity index (χ3v) is 4.13. The zero-order valence-corrected chi connectivity index (χ0v) is 13.8. The van der Waals surface area contributed by atoms with E-state index in [1.807, 2.05) is 42.9 Å². The predicted molar refractivity (Wildman–Crippen MR) is 94.5 cm³/mol. The maximum atomic E-state index is 12.3. The summed E-state index contributed by atoms with van der Waals surface area (Å²) in [5.41, 5.74) is 1.84. The monoisotopic (exact) mass is 323 g/mol. The number of hydrogen-bond acceptors (Lipinski definition) is 5. The Morgan fingerprint density at radius 1 is 1.12 bits per heavy atom. The van der Waals surface area contributed by atoms with Crippen molar-refractivity contribution < 1.29 is 9.53 Å². The van der Waals surface area contributed by atoms with Crippen LogP contribution in [0.3, 0.4) is 0 Å². The summed E-state index contributed by atoms with van der Waals surface area (Å²) in [5.74, 6) is 0.686. The van der Waals surface area contributed by atoms with Crippen LogP contribution in [0.4, 0.5) is 5.69 Å². The Balaban J connectivity index is 1.55. The molecule has 0 N–H and O–H groups in total. The summed E-state index contributed by atoms with van der Waals surface area (Å²) >= 11 is 0. The maximum Gasteiger partial charge on any atom is 0.187 e. The summed E-state index contributed by atoms with van der Waals surface area (Å²) in [6.07, 6.45) is 7.16. The molecule has 0 atom stereocenters. The Labute approximate surface area is 142 Å². The summed E-state index contributed by atoms with van der Waals surface area (Å²) in [6, 6.07) is 11.3. The van der Waals surface area contributed by atoms with Gasteiger partial charge in [-0.1, -0.05) is 12.1 Å². The summed E-state index contributed by atoms with van der Waals surface area (Å²) < 4.78 is 5.16. The minimum atomic E-state index is -0.00883. The van der Waals surface area contributed by atoms with Gasteiger partial charge in [0.1, 0.15) is 5.75 Å². The number of rotatable bonds is 5. The number of hydrogen-bond donors (Lipinski definition) is 0. The smallest absolute Gasteiger partial charge is 0.187 e. The first-order valence-corrected chi connectivity index (χ1v) is 8.02. The number of allylic oxidation sites excluding steroid dienone is 1. The molecular formula is C19H21N3O2. The van der Waals surface area contributed by atoms with Gasteiger partial charge in [0, 0.05) is 62.1 Å². The van der Waals surface area contributed by atoms with E-state index < -0.39 is 0 Å². The number of piperazine rings is 1. The molecule has 3 rings (SSSR count). The normalized spacial score (nSPS) is 14.9. The molecule has 1 aromatic heterocycles. The Kier molecular flexibility index (Phi) is 5.11. The van der Waals surface area contributed by atoms with Gasteiger partial charge in [-0.25, -0.2) is 0 Å². The second kappa shape index (κ2) is 7.64. The molecule has 5 nitrogen and oxygen atoms in total. The minimum absolute atomic E-state index is 0.00883. The molecule has 0 unspecified atom stereocenters. The van der Waals surface area contributed by atoms with Gasteiger partial charge in [0.2, 0.25) is 0 Å². The molecule has 1 aliphatic heterocycles. The fourth-order valence-electron chi connectivity index (χ4n) is 2.73. The molecule has 1 aliphatic rings. The van der Waals surface area contributed by atoms with Gasteiger partial charge in [0.05, 0.1) is 7.11 Å². The highest BCUT2D eigenvalue weighted by molar-refractivity contribution is 6.04. The number of ether oxygens (including phenoxy) is 1. The van der Waals surface area contributed by atoms with E-state index in [2.05, 4.69) is 14.8 Å². The van der Waals surface area contributed by atoms with Crippen molar-refractivity contribution in [1.29, 1.82) is 0 Å². The van der Waals surface area contributed by atoms with E-state index in [0.717, 1.165) is 26.2 Å². The van der Waals surface area contributed by atoms with Crippen LogP contribution in [0.25, 0.3) is 0 Å². The number of carbonyl (C=O) groups is 1. The van der Waals surface area contributed by atoms with Crippen LogP contribution >= 0.6 is 0 Å². The third kappa shape index (κ3) is 3.93. The van der Waals surface area contributed by atoms with Crippen molar-refractivity contribution in [3.8, 4) is 5.75 Å². The lowest BCUT2D eigenvalue weighted by molar-refractivity contribution is 0.104. The lowest BCUT2D eigenvalue weighted by Gasteiger charge is -2.35. The largest absolute Gasteiger partial charge is 0.497 e. The summed E-state index contributed by atoms with van der Waals surface area (Å²) in [5, 5.41) is 0. The SMILES string of the molecule is COc1cccc(C(=O)C=CN2CCN(c3ccncc3)CC2)c1. The predicted octanol–water partition coefficient (Wildman–Crippen LogP) is 2.61. The van der Waals surface area contributed by atoms with Gasteiger partial charge >= 0.3 is 0 Å². The first-order chi connectivity index (χ1) is 11.8. The van der Waals surface area contributed by atoms with Crippen molar-refractivity contribution in [3.63, 3.8) is 0 Å². The van der Waals surface area contributed by atoms with Crippen molar-refractivity contribution in [2.75, 3.05) is 38.2 Å². The van der Waals surface area contributed by atoms with Crippen LogP contribution in [0, 0.1) is 0 Å². The van der Waals surface area contributed by atoms with Gasteiger partial charge < -0.3 is 14.5 Å². The summed E-state index contributed by atoms with van der Waals surface area (Å²) in [6.45, 7) is 3.65. The zero-order valence-electron chi connectivity index (χ0n) is 13.8. The lowest BCUT2D eigenvalue weighted by Crippen LogP contribution is -2.44. The summed E-state index contributed by atoms with van der Waals surface area (Å²) in [4.78, 5) is 20.8. The molecule has 2 heterocycles. The highest BCUT2D eigenvalue weighted by atomic mass is 16.5. The van der Waals surface area contributed by atoms with Gasteiger partial charge in [-0.3, -0.25) is 9.78 Å². The average molecular weight is 323 g/mol. The quantitative estimate of drug-likeness (QED) is 0.625. The molecule has 0 aliphatic carbocycles. The number of methoxy groups -OCH3 is 1. The maximum absolute atomic E-state index is 12.3. The topological polar surface area (TPSA) is 45.7 Å². The van der Waals surface area contributed by atoms with E-state index in [0.29, 0.717) is 11.3 Å². The van der Waals surface area contributed by atoms with Crippen LogP contribution in [-0.4, -0.2) is 49.0 Å². The van der Waals surface area contributed by atoms with Crippen molar-refractivity contribution in [2.45, 2.75) is 0 Å². The van der Waals surface area contributed by atoms with Gasteiger partial charge in [0.25, 0.3) is 0 Å². The van der Waals surface area contributed by atoms with Crippen LogP contribution in [0.5, 0.6) is 5.75 Å². The van der Waals surface area contributed by atoms with Crippen molar-refractivity contribution >= 4 is 11.5 Å². The molecule has 0 amide bonds. The average Bonchev–Trinajstić information content (AvgIpc) is 2.67. The molecule has 0 spiro atoms. The van der Waals surface area contributed by atoms with E-state index in [4.69, 9.17) is 4.74 Å². The van der Waals surface area contributed by atoms with Crippen LogP contribution in [0.1, 0.15) is 10.4 Å². The molecule has 0 bridgehead atoms. The van der Waals surface area contributed by atoms with Crippen LogP contribution in [0.15, 0.2) is 61.1 Å². The Hall–Kier alpha value is -2.82. The highest BCUT2D eigenvalue weighted by Gasteiger charge is 2.15. The molecule has 0 radical (unpaired) electrons. The standard InChI is InChI=1S/C19H21N3O2/c1-24-18-4-2-3-16(15-18)19(23)7-10-21-11-13-22(14-12-21)17-5-8-20-9-6-17/h2-10,15H,11-14H2,1H3. The van der Waals surface area contributed by atoms with E-state index in [9.17, 15) is 4.79 Å². The van der Waals surface area contributed by atoms with Gasteiger partial charge in [-0.15, -0.1) is 0 Å². The lowest BCUT2D eigenvalue weighted by atomic mass is 10.1. The molecule has 1 fully saturated rings. The number of nitrogens with zero attached hydrogens (tertiary/aromatic N) is 3. The summed E-state index contributed by atoms with van der Waals surface area (Å²) in [7, 11) is 1.60. The number of carbonyl (C=O) groups excluding carboxylic acids is 1. The first kappa shape index (κ1) is 16.1. The molecule has 5 heteroatoms. The van der Waals surface area contributed by atoms with Crippen molar-refractivity contribution in [3.05, 3.63) is 66.6 Å². The molecular weight excluding hydrogens is 302 g/mol. The Morgan fingerprint density at radius 2 is 1.88 bits per heavy atom. The van der Waals surface area contributed by atoms with Gasteiger partial charge in [-0.05, 0) is 24.3 Å². The zero-order chi connectivity index (χ0) is 16.8. The van der Waals surface area contributed by atoms with E-state index in [-0.39, 0.29) is 5.78 Å². The van der Waals surface area contributed by atoms with Crippen LogP contribution in [0.2, 0.25) is 0 Å². The number of aromatic nitrogens is 1.